The molecule has 3 rings (SSSR count). The average Bonchev–Trinajstić information content (AvgIpc) is 2.65. The molecule has 6 heteroatoms. The van der Waals surface area contributed by atoms with Gasteiger partial charge in [-0.2, -0.15) is 10.5 Å². The van der Waals surface area contributed by atoms with Gasteiger partial charge in [-0.1, -0.05) is 20.8 Å². The molecule has 22 heavy (non-hydrogen) atoms. The number of hydrogen-bond acceptors (Lipinski definition) is 5. The molecule has 1 saturated heterocycles. The quantitative estimate of drug-likeness (QED) is 0.666. The Hall–Kier alpha value is -2.21. The molecular formula is C16H21N5O. The Morgan fingerprint density at radius 3 is 2.55 bits per heavy atom. The number of nitrogens with zero attached hydrogens (tertiary/aromatic N) is 2. The van der Waals surface area contributed by atoms with E-state index in [2.05, 4.69) is 37.5 Å². The van der Waals surface area contributed by atoms with Crippen LogP contribution in [0.2, 0.25) is 0 Å². The maximum Gasteiger partial charge on any atom is 0.248 e. The first kappa shape index (κ1) is 14.7. The van der Waals surface area contributed by atoms with Crippen molar-refractivity contribution in [3.8, 4) is 12.1 Å². The van der Waals surface area contributed by atoms with Crippen molar-refractivity contribution in [1.29, 1.82) is 10.5 Å². The van der Waals surface area contributed by atoms with Crippen molar-refractivity contribution in [2.45, 2.75) is 39.3 Å². The van der Waals surface area contributed by atoms with Gasteiger partial charge in [0.25, 0.3) is 0 Å². The van der Waals surface area contributed by atoms with Gasteiger partial charge in [0, 0.05) is 11.8 Å². The van der Waals surface area contributed by atoms with E-state index in [9.17, 15) is 15.3 Å². The molecule has 0 aromatic carbocycles. The van der Waals surface area contributed by atoms with Gasteiger partial charge in [0.1, 0.15) is 17.6 Å². The first-order valence-corrected chi connectivity index (χ1v) is 7.77. The highest BCUT2D eigenvalue weighted by Gasteiger charge is 2.73. The fraction of sp³-hybridized carbons (Fsp3) is 0.688. The highest BCUT2D eigenvalue weighted by molar-refractivity contribution is 5.95. The summed E-state index contributed by atoms with van der Waals surface area (Å²) in [6, 6.07) is 4.17. The average molecular weight is 299 g/mol. The van der Waals surface area contributed by atoms with Crippen LogP contribution < -0.4 is 16.4 Å². The summed E-state index contributed by atoms with van der Waals surface area (Å²) in [6.07, 6.45) is 1.90. The van der Waals surface area contributed by atoms with Gasteiger partial charge >= 0.3 is 0 Å². The van der Waals surface area contributed by atoms with E-state index in [1.165, 1.54) is 0 Å². The van der Waals surface area contributed by atoms with Crippen LogP contribution in [0.25, 0.3) is 0 Å². The Morgan fingerprint density at radius 2 is 2.00 bits per heavy atom. The maximum absolute atomic E-state index is 12.8. The number of hydrogen-bond donors (Lipinski definition) is 3. The van der Waals surface area contributed by atoms with Crippen molar-refractivity contribution in [2.24, 2.45) is 34.8 Å². The van der Waals surface area contributed by atoms with E-state index in [1.807, 2.05) is 6.07 Å². The molecular weight excluding hydrogens is 278 g/mol. The number of carbonyl (C=O) groups is 1. The second-order valence-corrected chi connectivity index (χ2v) is 7.15. The van der Waals surface area contributed by atoms with E-state index >= 15 is 0 Å². The SMILES string of the molecule is CC(C)C1CCC(C)C2C3(C#N)C(=O)NC12NC(N)=C3C#N. The second kappa shape index (κ2) is 4.39. The van der Waals surface area contributed by atoms with Crippen molar-refractivity contribution >= 4 is 5.91 Å². The fourth-order valence-electron chi connectivity index (χ4n) is 5.03. The van der Waals surface area contributed by atoms with E-state index in [4.69, 9.17) is 5.73 Å². The number of nitrogens with two attached hydrogens (primary N) is 1. The van der Waals surface area contributed by atoms with Crippen LogP contribution in [-0.4, -0.2) is 11.6 Å². The second-order valence-electron chi connectivity index (χ2n) is 7.15. The highest BCUT2D eigenvalue weighted by atomic mass is 16.2. The van der Waals surface area contributed by atoms with Gasteiger partial charge in [0.05, 0.1) is 11.6 Å². The molecule has 3 aliphatic rings. The number of carbonyl (C=O) groups excluding carboxylic acids is 1. The molecule has 0 aromatic heterocycles. The van der Waals surface area contributed by atoms with Crippen LogP contribution in [-0.2, 0) is 4.79 Å². The zero-order valence-electron chi connectivity index (χ0n) is 13.1. The highest BCUT2D eigenvalue weighted by Crippen LogP contribution is 2.59. The molecule has 2 heterocycles. The van der Waals surface area contributed by atoms with Crippen LogP contribution >= 0.6 is 0 Å². The molecule has 116 valence electrons. The van der Waals surface area contributed by atoms with Gasteiger partial charge < -0.3 is 16.4 Å². The zero-order chi connectivity index (χ0) is 16.3. The summed E-state index contributed by atoms with van der Waals surface area (Å²) < 4.78 is 0. The van der Waals surface area contributed by atoms with Gasteiger partial charge in [-0.15, -0.1) is 0 Å². The first-order chi connectivity index (χ1) is 10.3. The topological polar surface area (TPSA) is 115 Å². The first-order valence-electron chi connectivity index (χ1n) is 7.77. The van der Waals surface area contributed by atoms with Crippen molar-refractivity contribution in [1.82, 2.24) is 10.6 Å². The maximum atomic E-state index is 12.8. The fourth-order valence-corrected chi connectivity index (χ4v) is 5.03. The summed E-state index contributed by atoms with van der Waals surface area (Å²) in [5.41, 5.74) is 3.94. The minimum Gasteiger partial charge on any atom is -0.385 e. The van der Waals surface area contributed by atoms with E-state index in [1.54, 1.807) is 0 Å². The van der Waals surface area contributed by atoms with E-state index in [-0.39, 0.29) is 35.1 Å². The third-order valence-corrected chi connectivity index (χ3v) is 5.82. The number of nitrogens with one attached hydrogen (secondary N) is 2. The lowest BCUT2D eigenvalue weighted by Gasteiger charge is -2.54. The Labute approximate surface area is 130 Å². The molecule has 0 radical (unpaired) electrons. The number of amides is 1. The van der Waals surface area contributed by atoms with Crippen LogP contribution in [0.1, 0.15) is 33.6 Å². The predicted molar refractivity (Wildman–Crippen MR) is 79.1 cm³/mol. The van der Waals surface area contributed by atoms with E-state index in [0.29, 0.717) is 5.92 Å². The Balaban J connectivity index is 2.30. The lowest BCUT2D eigenvalue weighted by Crippen LogP contribution is -2.69. The molecule has 2 bridgehead atoms. The Kier molecular flexibility index (Phi) is 2.94. The monoisotopic (exact) mass is 299 g/mol. The van der Waals surface area contributed by atoms with Crippen molar-refractivity contribution in [3.63, 3.8) is 0 Å². The molecule has 0 spiro atoms. The summed E-state index contributed by atoms with van der Waals surface area (Å²) in [6.45, 7) is 6.29. The van der Waals surface area contributed by atoms with Gasteiger partial charge in [0.2, 0.25) is 5.91 Å². The molecule has 2 fully saturated rings. The van der Waals surface area contributed by atoms with Crippen LogP contribution in [0.4, 0.5) is 0 Å². The standard InChI is InChI=1S/C16H21N5O/c1-8(2)10-5-4-9(3)12-15(7-18)11(6-17)13(19)20-16(10,12)21-14(15)22/h8-10,12,20H,4-5,19H2,1-3H3,(H,21,22). The van der Waals surface area contributed by atoms with Crippen LogP contribution in [0.5, 0.6) is 0 Å². The minimum absolute atomic E-state index is 0.0712. The van der Waals surface area contributed by atoms with Gasteiger partial charge in [0.15, 0.2) is 5.41 Å². The molecule has 2 aliphatic heterocycles. The molecule has 1 saturated carbocycles. The smallest absolute Gasteiger partial charge is 0.248 e. The van der Waals surface area contributed by atoms with Crippen molar-refractivity contribution in [3.05, 3.63) is 11.4 Å². The number of nitriles is 2. The van der Waals surface area contributed by atoms with Crippen LogP contribution in [0, 0.1) is 51.7 Å². The summed E-state index contributed by atoms with van der Waals surface area (Å²) in [5.74, 6) is 0.154. The lowest BCUT2D eigenvalue weighted by molar-refractivity contribution is -0.124. The molecule has 0 aromatic rings. The van der Waals surface area contributed by atoms with E-state index in [0.717, 1.165) is 12.8 Å². The summed E-state index contributed by atoms with van der Waals surface area (Å²) >= 11 is 0. The third kappa shape index (κ3) is 1.40. The van der Waals surface area contributed by atoms with Crippen molar-refractivity contribution < 1.29 is 4.79 Å². The lowest BCUT2D eigenvalue weighted by atomic mass is 9.54. The largest absolute Gasteiger partial charge is 0.385 e. The Bertz CT molecular complexity index is 654. The molecule has 1 amide bonds. The molecule has 5 unspecified atom stereocenters. The Morgan fingerprint density at radius 1 is 1.32 bits per heavy atom. The van der Waals surface area contributed by atoms with Crippen LogP contribution in [0.3, 0.4) is 0 Å². The molecule has 5 atom stereocenters. The summed E-state index contributed by atoms with van der Waals surface area (Å²) in [7, 11) is 0. The molecule has 6 nitrogen and oxygen atoms in total. The van der Waals surface area contributed by atoms with Crippen molar-refractivity contribution in [2.75, 3.05) is 0 Å². The van der Waals surface area contributed by atoms with Gasteiger partial charge in [-0.25, -0.2) is 0 Å². The third-order valence-electron chi connectivity index (χ3n) is 5.82. The van der Waals surface area contributed by atoms with Gasteiger partial charge in [-0.3, -0.25) is 4.79 Å². The van der Waals surface area contributed by atoms with E-state index < -0.39 is 11.1 Å². The molecule has 1 aliphatic carbocycles. The predicted octanol–water partition coefficient (Wildman–Crippen LogP) is 0.938. The minimum atomic E-state index is -1.46. The van der Waals surface area contributed by atoms with Gasteiger partial charge in [-0.05, 0) is 24.7 Å². The number of rotatable bonds is 1. The zero-order valence-corrected chi connectivity index (χ0v) is 13.1. The molecule has 4 N–H and O–H groups in total. The summed E-state index contributed by atoms with van der Waals surface area (Å²) in [4.78, 5) is 12.8. The van der Waals surface area contributed by atoms with Crippen LogP contribution in [0.15, 0.2) is 11.4 Å². The normalized spacial score (nSPS) is 43.0. The summed E-state index contributed by atoms with van der Waals surface area (Å²) in [5, 5.41) is 25.6.